The summed E-state index contributed by atoms with van der Waals surface area (Å²) in [5.41, 5.74) is 5.61. The molecule has 1 aliphatic rings. The van der Waals surface area contributed by atoms with Crippen molar-refractivity contribution in [2.45, 2.75) is 65.0 Å². The molecule has 11 nitrogen and oxygen atoms in total. The van der Waals surface area contributed by atoms with Crippen molar-refractivity contribution in [3.8, 4) is 5.69 Å². The van der Waals surface area contributed by atoms with Crippen molar-refractivity contribution in [3.63, 3.8) is 0 Å². The normalized spacial score (nSPS) is 15.7. The second-order valence-electron chi connectivity index (χ2n) is 12.3. The van der Waals surface area contributed by atoms with Crippen LogP contribution in [0.25, 0.3) is 5.69 Å². The summed E-state index contributed by atoms with van der Waals surface area (Å²) in [6, 6.07) is 7.83. The van der Waals surface area contributed by atoms with Crippen molar-refractivity contribution in [2.75, 3.05) is 19.1 Å². The van der Waals surface area contributed by atoms with Gasteiger partial charge < -0.3 is 25.6 Å². The third kappa shape index (κ3) is 8.21. The molecule has 262 valence electrons. The molecule has 0 spiro atoms. The van der Waals surface area contributed by atoms with Crippen LogP contribution in [0.3, 0.4) is 0 Å². The topological polar surface area (TPSA) is 140 Å². The van der Waals surface area contributed by atoms with Gasteiger partial charge in [0.05, 0.1) is 23.5 Å². The van der Waals surface area contributed by atoms with Crippen molar-refractivity contribution in [2.24, 2.45) is 11.7 Å². The first-order valence-electron chi connectivity index (χ1n) is 15.4. The van der Waals surface area contributed by atoms with E-state index in [0.717, 1.165) is 6.07 Å². The molecule has 2 heterocycles. The number of amides is 2. The Morgan fingerprint density at radius 3 is 2.39 bits per heavy atom. The lowest BCUT2D eigenvalue weighted by Crippen LogP contribution is -2.46. The number of aromatic nitrogens is 2. The minimum atomic E-state index is -4.66. The maximum absolute atomic E-state index is 14.1. The van der Waals surface area contributed by atoms with Gasteiger partial charge in [-0.3, -0.25) is 19.2 Å². The molecule has 0 saturated heterocycles. The van der Waals surface area contributed by atoms with E-state index in [-0.39, 0.29) is 53.2 Å². The highest BCUT2D eigenvalue weighted by Gasteiger charge is 2.36. The van der Waals surface area contributed by atoms with Gasteiger partial charge in [0, 0.05) is 40.3 Å². The lowest BCUT2D eigenvalue weighted by molar-refractivity contribution is -0.149. The Morgan fingerprint density at radius 1 is 1.16 bits per heavy atom. The van der Waals surface area contributed by atoms with Crippen molar-refractivity contribution >= 4 is 39.7 Å². The Kier molecular flexibility index (Phi) is 11.4. The number of benzene rings is 2. The molecule has 49 heavy (non-hydrogen) atoms. The molecule has 0 unspecified atom stereocenters. The number of nitrogens with two attached hydrogens (primary N) is 1. The van der Waals surface area contributed by atoms with Gasteiger partial charge >= 0.3 is 12.1 Å². The summed E-state index contributed by atoms with van der Waals surface area (Å²) in [6.07, 6.45) is -2.95. The average molecular weight is 748 g/mol. The van der Waals surface area contributed by atoms with Gasteiger partial charge in [0.25, 0.3) is 17.4 Å². The van der Waals surface area contributed by atoms with Gasteiger partial charge in [-0.2, -0.15) is 13.2 Å². The molecule has 0 saturated carbocycles. The van der Waals surface area contributed by atoms with Gasteiger partial charge in [-0.1, -0.05) is 35.9 Å². The van der Waals surface area contributed by atoms with E-state index < -0.39 is 47.2 Å². The van der Waals surface area contributed by atoms with Gasteiger partial charge in [0.2, 0.25) is 5.95 Å². The van der Waals surface area contributed by atoms with E-state index in [1.165, 1.54) is 45.7 Å². The Balaban J connectivity index is 1.64. The van der Waals surface area contributed by atoms with Crippen molar-refractivity contribution in [1.82, 2.24) is 19.4 Å². The monoisotopic (exact) mass is 746 g/mol. The number of esters is 1. The summed E-state index contributed by atoms with van der Waals surface area (Å²) < 4.78 is 47.0. The number of ether oxygens (including phenoxy) is 1. The lowest BCUT2D eigenvalue weighted by Gasteiger charge is -2.35. The largest absolute Gasteiger partial charge is 0.443 e. The summed E-state index contributed by atoms with van der Waals surface area (Å²) in [6.45, 7) is 10.4. The fourth-order valence-corrected chi connectivity index (χ4v) is 5.60. The molecule has 3 atom stereocenters. The van der Waals surface area contributed by atoms with Crippen LogP contribution in [-0.2, 0) is 28.7 Å². The zero-order chi connectivity index (χ0) is 36.4. The number of nitrogens with zero attached hydrogens (tertiary/aromatic N) is 4. The molecule has 0 fully saturated rings. The predicted octanol–water partition coefficient (Wildman–Crippen LogP) is 5.14. The number of rotatable bonds is 10. The third-order valence-electron chi connectivity index (χ3n) is 8.21. The number of nitrogens with one attached hydrogen (secondary N) is 1. The molecular weight excluding hydrogens is 709 g/mol. The lowest BCUT2D eigenvalue weighted by atomic mass is 9.98. The van der Waals surface area contributed by atoms with E-state index in [2.05, 4.69) is 27.8 Å². The molecular formula is C34H38BrF3N6O5. The summed E-state index contributed by atoms with van der Waals surface area (Å²) >= 11 is 2.90. The Hall–Kier alpha value is -4.50. The first-order valence-corrected chi connectivity index (χ1v) is 16.2. The summed E-state index contributed by atoms with van der Waals surface area (Å²) in [5, 5.41) is 3.13. The van der Waals surface area contributed by atoms with Crippen LogP contribution in [0.1, 0.15) is 65.2 Å². The van der Waals surface area contributed by atoms with Gasteiger partial charge in [0.1, 0.15) is 6.04 Å². The molecule has 0 radical (unpaired) electrons. The molecule has 2 aromatic carbocycles. The molecule has 2 amide bonds. The number of hydrogen-bond donors (Lipinski definition) is 2. The second-order valence-corrected chi connectivity index (χ2v) is 13.1. The van der Waals surface area contributed by atoms with E-state index in [0.29, 0.717) is 16.9 Å². The van der Waals surface area contributed by atoms with Crippen molar-refractivity contribution in [3.05, 3.63) is 97.9 Å². The SMILES string of the molecule is C=C[C@H](C)Nc1nc2c(c(=O)n1-c1ccc(C(=O)N(C)COC(=O)[C@@H](N)C(C)C)cc1)C[C@@H](C)N(C(=O)c1ccc(Br)c(C(F)(F)F)c1)C2. The number of hydrogen-bond acceptors (Lipinski definition) is 8. The van der Waals surface area contributed by atoms with Gasteiger partial charge in [0.15, 0.2) is 6.73 Å². The van der Waals surface area contributed by atoms with Gasteiger partial charge in [-0.25, -0.2) is 9.55 Å². The Morgan fingerprint density at radius 2 is 1.80 bits per heavy atom. The highest BCUT2D eigenvalue weighted by molar-refractivity contribution is 9.10. The van der Waals surface area contributed by atoms with E-state index in [9.17, 15) is 32.3 Å². The van der Waals surface area contributed by atoms with Crippen molar-refractivity contribution in [1.29, 1.82) is 0 Å². The number of fused-ring (bicyclic) bond motifs is 1. The second kappa shape index (κ2) is 14.9. The maximum atomic E-state index is 14.1. The summed E-state index contributed by atoms with van der Waals surface area (Å²) in [7, 11) is 1.47. The highest BCUT2D eigenvalue weighted by Crippen LogP contribution is 2.36. The minimum Gasteiger partial charge on any atom is -0.443 e. The van der Waals surface area contributed by atoms with Crippen LogP contribution < -0.4 is 16.6 Å². The summed E-state index contributed by atoms with van der Waals surface area (Å²) in [5.74, 6) is -1.67. The Labute approximate surface area is 290 Å². The van der Waals surface area contributed by atoms with Crippen LogP contribution in [0.2, 0.25) is 0 Å². The van der Waals surface area contributed by atoms with E-state index in [1.54, 1.807) is 45.9 Å². The van der Waals surface area contributed by atoms with Crippen LogP contribution in [0, 0.1) is 5.92 Å². The molecule has 3 aromatic rings. The van der Waals surface area contributed by atoms with E-state index >= 15 is 0 Å². The maximum Gasteiger partial charge on any atom is 0.417 e. The fourth-order valence-electron chi connectivity index (χ4n) is 5.13. The minimum absolute atomic E-state index is 0.105. The number of anilines is 1. The van der Waals surface area contributed by atoms with E-state index in [1.807, 2.05) is 0 Å². The van der Waals surface area contributed by atoms with Gasteiger partial charge in [-0.05, 0) is 68.7 Å². The molecule has 0 bridgehead atoms. The van der Waals surface area contributed by atoms with Crippen LogP contribution >= 0.6 is 15.9 Å². The first kappa shape index (κ1) is 37.3. The number of halogens is 4. The standard InChI is InChI=1S/C34H38BrF3N6O5/c1-7-19(4)40-33-41-27-16-43(30(46)22-10-13-26(35)25(15-22)34(36,37)38)20(5)14-24(27)31(47)44(33)23-11-8-21(9-12-23)29(45)42(6)17-49-32(48)28(39)18(2)3/h7-13,15,18-20,28H,1,14,16-17,39H2,2-6H3,(H,40,41)/t19-,20+,28-/m0/s1. The first-order chi connectivity index (χ1) is 22.9. The zero-order valence-corrected chi connectivity index (χ0v) is 29.3. The molecule has 15 heteroatoms. The van der Waals surface area contributed by atoms with Crippen LogP contribution in [0.5, 0.6) is 0 Å². The molecule has 4 rings (SSSR count). The average Bonchev–Trinajstić information content (AvgIpc) is 3.06. The number of alkyl halides is 3. The molecule has 0 aliphatic carbocycles. The van der Waals surface area contributed by atoms with Crippen LogP contribution in [-0.4, -0.2) is 69.0 Å². The fraction of sp³-hybridized carbons (Fsp3) is 0.382. The summed E-state index contributed by atoms with van der Waals surface area (Å²) in [4.78, 5) is 60.0. The molecule has 3 N–H and O–H groups in total. The van der Waals surface area contributed by atoms with Crippen molar-refractivity contribution < 1.29 is 32.3 Å². The predicted molar refractivity (Wildman–Crippen MR) is 181 cm³/mol. The number of carbonyl (C=O) groups excluding carboxylic acids is 3. The Bertz CT molecular complexity index is 1810. The highest BCUT2D eigenvalue weighted by atomic mass is 79.9. The van der Waals surface area contributed by atoms with Gasteiger partial charge in [-0.15, -0.1) is 6.58 Å². The molecule has 1 aliphatic heterocycles. The third-order valence-corrected chi connectivity index (χ3v) is 8.91. The number of carbonyl (C=O) groups is 3. The molecule has 1 aromatic heterocycles. The van der Waals surface area contributed by atoms with E-state index in [4.69, 9.17) is 15.5 Å². The quantitative estimate of drug-likeness (QED) is 0.165. The van der Waals surface area contributed by atoms with Crippen LogP contribution in [0.15, 0.2) is 64.4 Å². The zero-order valence-electron chi connectivity index (χ0n) is 27.7. The smallest absolute Gasteiger partial charge is 0.417 e. The van der Waals surface area contributed by atoms with Crippen LogP contribution in [0.4, 0.5) is 19.1 Å².